The molecule has 0 aromatic heterocycles. The standard InChI is InChI=1S/C13H17NO3/c14-12-7-1-2-8(5-7)13(12,17)9-3-4-10(15)11(16)6-9/h3-4,6-8,12,15-17H,1-2,5,14H2/t7-,8+,12-,13-/m1/s1. The highest BCUT2D eigenvalue weighted by molar-refractivity contribution is 5.44. The molecule has 1 aromatic carbocycles. The van der Waals surface area contributed by atoms with E-state index < -0.39 is 5.60 Å². The Balaban J connectivity index is 2.05. The van der Waals surface area contributed by atoms with Gasteiger partial charge < -0.3 is 21.1 Å². The lowest BCUT2D eigenvalue weighted by Crippen LogP contribution is -2.49. The summed E-state index contributed by atoms with van der Waals surface area (Å²) < 4.78 is 0. The van der Waals surface area contributed by atoms with Crippen molar-refractivity contribution in [2.45, 2.75) is 30.9 Å². The predicted molar refractivity (Wildman–Crippen MR) is 62.5 cm³/mol. The number of hydrogen-bond donors (Lipinski definition) is 4. The Labute approximate surface area is 99.7 Å². The molecule has 0 spiro atoms. The Hall–Kier alpha value is -1.26. The van der Waals surface area contributed by atoms with Crippen molar-refractivity contribution in [3.8, 4) is 11.5 Å². The highest BCUT2D eigenvalue weighted by Gasteiger charge is 2.56. The number of aromatic hydroxyl groups is 2. The maximum Gasteiger partial charge on any atom is 0.157 e. The summed E-state index contributed by atoms with van der Waals surface area (Å²) in [6.07, 6.45) is 3.02. The summed E-state index contributed by atoms with van der Waals surface area (Å²) in [5, 5.41) is 29.7. The molecule has 4 nitrogen and oxygen atoms in total. The normalized spacial score (nSPS) is 39.8. The molecule has 3 rings (SSSR count). The highest BCUT2D eigenvalue weighted by Crippen LogP contribution is 2.55. The van der Waals surface area contributed by atoms with Crippen molar-refractivity contribution in [3.63, 3.8) is 0 Å². The lowest BCUT2D eigenvalue weighted by molar-refractivity contribution is -0.0347. The number of phenolic OH excluding ortho intramolecular Hbond substituents is 2. The lowest BCUT2D eigenvalue weighted by atomic mass is 9.76. The van der Waals surface area contributed by atoms with Gasteiger partial charge in [0.15, 0.2) is 11.5 Å². The van der Waals surface area contributed by atoms with Gasteiger partial charge in [-0.05, 0) is 48.8 Å². The second-order valence-corrected chi connectivity index (χ2v) is 5.32. The van der Waals surface area contributed by atoms with E-state index in [2.05, 4.69) is 0 Å². The van der Waals surface area contributed by atoms with Crippen LogP contribution in [0.5, 0.6) is 11.5 Å². The minimum absolute atomic E-state index is 0.172. The maximum absolute atomic E-state index is 10.8. The summed E-state index contributed by atoms with van der Waals surface area (Å²) >= 11 is 0. The van der Waals surface area contributed by atoms with Crippen LogP contribution in [0.1, 0.15) is 24.8 Å². The first-order valence-electron chi connectivity index (χ1n) is 6.04. The molecule has 0 unspecified atom stereocenters. The second-order valence-electron chi connectivity index (χ2n) is 5.32. The molecule has 2 saturated carbocycles. The van der Waals surface area contributed by atoms with Crippen molar-refractivity contribution in [2.24, 2.45) is 17.6 Å². The minimum atomic E-state index is -1.05. The number of hydrogen-bond acceptors (Lipinski definition) is 4. The number of fused-ring (bicyclic) bond motifs is 2. The molecular weight excluding hydrogens is 218 g/mol. The van der Waals surface area contributed by atoms with Crippen molar-refractivity contribution >= 4 is 0 Å². The Morgan fingerprint density at radius 1 is 1.18 bits per heavy atom. The molecule has 2 bridgehead atoms. The van der Waals surface area contributed by atoms with E-state index in [9.17, 15) is 15.3 Å². The van der Waals surface area contributed by atoms with Crippen molar-refractivity contribution in [1.29, 1.82) is 0 Å². The van der Waals surface area contributed by atoms with Crippen LogP contribution in [0.3, 0.4) is 0 Å². The van der Waals surface area contributed by atoms with Crippen LogP contribution in [0.4, 0.5) is 0 Å². The SMILES string of the molecule is N[C@@H]1[C@@H]2CC[C@@H](C2)[C@@]1(O)c1ccc(O)c(O)c1. The molecule has 4 atom stereocenters. The van der Waals surface area contributed by atoms with Gasteiger partial charge in [-0.15, -0.1) is 0 Å². The first-order valence-corrected chi connectivity index (χ1v) is 6.04. The summed E-state index contributed by atoms with van der Waals surface area (Å²) in [6, 6.07) is 4.21. The van der Waals surface area contributed by atoms with Crippen LogP contribution in [0, 0.1) is 11.8 Å². The average Bonchev–Trinajstić information content (AvgIpc) is 2.87. The van der Waals surface area contributed by atoms with Crippen molar-refractivity contribution in [1.82, 2.24) is 0 Å². The lowest BCUT2D eigenvalue weighted by Gasteiger charge is -2.38. The van der Waals surface area contributed by atoms with Crippen LogP contribution < -0.4 is 5.73 Å². The first kappa shape index (κ1) is 10.9. The van der Waals surface area contributed by atoms with E-state index in [1.54, 1.807) is 6.07 Å². The van der Waals surface area contributed by atoms with Gasteiger partial charge in [-0.2, -0.15) is 0 Å². The number of aliphatic hydroxyl groups is 1. The van der Waals surface area contributed by atoms with E-state index in [0.717, 1.165) is 19.3 Å². The number of rotatable bonds is 1. The molecule has 0 amide bonds. The van der Waals surface area contributed by atoms with Crippen molar-refractivity contribution in [2.75, 3.05) is 0 Å². The molecule has 0 aliphatic heterocycles. The third-order valence-electron chi connectivity index (χ3n) is 4.55. The Bertz CT molecular complexity index is 458. The molecule has 4 heteroatoms. The predicted octanol–water partition coefficient (Wildman–Crippen LogP) is 1.04. The van der Waals surface area contributed by atoms with E-state index in [4.69, 9.17) is 5.73 Å². The van der Waals surface area contributed by atoms with Crippen LogP contribution in [0.25, 0.3) is 0 Å². The van der Waals surface area contributed by atoms with Gasteiger partial charge in [-0.25, -0.2) is 0 Å². The van der Waals surface area contributed by atoms with E-state index in [0.29, 0.717) is 11.5 Å². The van der Waals surface area contributed by atoms with E-state index in [1.807, 2.05) is 0 Å². The Kier molecular flexibility index (Phi) is 2.15. The fraction of sp³-hybridized carbons (Fsp3) is 0.538. The maximum atomic E-state index is 10.8. The molecule has 2 aliphatic carbocycles. The van der Waals surface area contributed by atoms with E-state index in [1.165, 1.54) is 12.1 Å². The number of phenols is 2. The van der Waals surface area contributed by atoms with Gasteiger partial charge in [-0.1, -0.05) is 6.07 Å². The van der Waals surface area contributed by atoms with E-state index in [-0.39, 0.29) is 23.5 Å². The largest absolute Gasteiger partial charge is 0.504 e. The molecule has 17 heavy (non-hydrogen) atoms. The summed E-state index contributed by atoms with van der Waals surface area (Å²) in [7, 11) is 0. The molecule has 0 radical (unpaired) electrons. The third kappa shape index (κ3) is 1.31. The molecule has 2 fully saturated rings. The topological polar surface area (TPSA) is 86.7 Å². The average molecular weight is 235 g/mol. The van der Waals surface area contributed by atoms with Crippen LogP contribution >= 0.6 is 0 Å². The van der Waals surface area contributed by atoms with Crippen molar-refractivity contribution < 1.29 is 15.3 Å². The van der Waals surface area contributed by atoms with Crippen molar-refractivity contribution in [3.05, 3.63) is 23.8 Å². The van der Waals surface area contributed by atoms with Gasteiger partial charge in [0.25, 0.3) is 0 Å². The second kappa shape index (κ2) is 3.37. The summed E-state index contributed by atoms with van der Waals surface area (Å²) in [6.45, 7) is 0. The molecule has 2 aliphatic rings. The molecule has 0 heterocycles. The smallest absolute Gasteiger partial charge is 0.157 e. The third-order valence-corrected chi connectivity index (χ3v) is 4.55. The zero-order valence-electron chi connectivity index (χ0n) is 9.50. The van der Waals surface area contributed by atoms with Crippen LogP contribution in [-0.2, 0) is 5.60 Å². The molecule has 0 saturated heterocycles. The first-order chi connectivity index (χ1) is 8.03. The van der Waals surface area contributed by atoms with Gasteiger partial charge >= 0.3 is 0 Å². The zero-order chi connectivity index (χ0) is 12.2. The summed E-state index contributed by atoms with van der Waals surface area (Å²) in [4.78, 5) is 0. The molecule has 92 valence electrons. The fourth-order valence-electron chi connectivity index (χ4n) is 3.57. The van der Waals surface area contributed by atoms with Crippen LogP contribution in [0.2, 0.25) is 0 Å². The van der Waals surface area contributed by atoms with Gasteiger partial charge in [-0.3, -0.25) is 0 Å². The molecule has 1 aromatic rings. The number of benzene rings is 1. The quantitative estimate of drug-likeness (QED) is 0.548. The highest BCUT2D eigenvalue weighted by atomic mass is 16.3. The Morgan fingerprint density at radius 2 is 1.94 bits per heavy atom. The van der Waals surface area contributed by atoms with Crippen LogP contribution in [0.15, 0.2) is 18.2 Å². The number of nitrogens with two attached hydrogens (primary N) is 1. The molecule has 5 N–H and O–H groups in total. The zero-order valence-corrected chi connectivity index (χ0v) is 9.50. The summed E-state index contributed by atoms with van der Waals surface area (Å²) in [5.41, 5.74) is 5.69. The van der Waals surface area contributed by atoms with Gasteiger partial charge in [0.2, 0.25) is 0 Å². The van der Waals surface area contributed by atoms with Crippen LogP contribution in [-0.4, -0.2) is 21.4 Å². The van der Waals surface area contributed by atoms with E-state index >= 15 is 0 Å². The monoisotopic (exact) mass is 235 g/mol. The van der Waals surface area contributed by atoms with Gasteiger partial charge in [0.05, 0.1) is 0 Å². The Morgan fingerprint density at radius 3 is 2.53 bits per heavy atom. The van der Waals surface area contributed by atoms with Gasteiger partial charge in [0, 0.05) is 6.04 Å². The minimum Gasteiger partial charge on any atom is -0.504 e. The molecular formula is C13H17NO3. The van der Waals surface area contributed by atoms with Gasteiger partial charge in [0.1, 0.15) is 5.60 Å². The summed E-state index contributed by atoms with van der Waals surface area (Å²) in [5.74, 6) is 0.173. The fourth-order valence-corrected chi connectivity index (χ4v) is 3.57.